The van der Waals surface area contributed by atoms with E-state index in [2.05, 4.69) is 33.0 Å². The highest BCUT2D eigenvalue weighted by atomic mass is 32.2. The molecule has 1 saturated heterocycles. The lowest BCUT2D eigenvalue weighted by Gasteiger charge is -2.36. The number of sulfonamides is 1. The number of hydrogen-bond donors (Lipinski definition) is 1. The van der Waals surface area contributed by atoms with E-state index in [0.29, 0.717) is 36.4 Å². The summed E-state index contributed by atoms with van der Waals surface area (Å²) in [6.45, 7) is 9.10. The third-order valence-electron chi connectivity index (χ3n) is 7.70. The van der Waals surface area contributed by atoms with Gasteiger partial charge in [0.1, 0.15) is 12.3 Å². The normalized spacial score (nSPS) is 30.4. The van der Waals surface area contributed by atoms with Crippen molar-refractivity contribution in [1.29, 1.82) is 0 Å². The SMILES string of the molecule is C[C@@H]1C[C@H](C)CN(S(=O)(=O)c2ccc3c(c2)N(CC(=O)N[C@@H]2CCC[C@H](C)[C@H]2C)C(=O)CO3)C1. The monoisotopic (exact) mass is 491 g/mol. The first-order valence-electron chi connectivity index (χ1n) is 12.4. The molecule has 1 aromatic rings. The van der Waals surface area contributed by atoms with E-state index in [9.17, 15) is 18.0 Å². The highest BCUT2D eigenvalue weighted by molar-refractivity contribution is 7.89. The minimum absolute atomic E-state index is 0.0849. The smallest absolute Gasteiger partial charge is 0.265 e. The van der Waals surface area contributed by atoms with Crippen molar-refractivity contribution in [1.82, 2.24) is 9.62 Å². The number of piperidine rings is 1. The molecule has 1 N–H and O–H groups in total. The number of benzene rings is 1. The first kappa shape index (κ1) is 25.0. The predicted octanol–water partition coefficient (Wildman–Crippen LogP) is 3.02. The molecular formula is C25H37N3O5S. The molecule has 1 aliphatic carbocycles. The van der Waals surface area contributed by atoms with Gasteiger partial charge in [0.05, 0.1) is 10.6 Å². The molecule has 2 aliphatic heterocycles. The van der Waals surface area contributed by atoms with E-state index >= 15 is 0 Å². The molecule has 2 heterocycles. The Labute approximate surface area is 203 Å². The van der Waals surface area contributed by atoms with E-state index in [4.69, 9.17) is 4.74 Å². The molecule has 0 spiro atoms. The van der Waals surface area contributed by atoms with Crippen LogP contribution < -0.4 is 15.0 Å². The van der Waals surface area contributed by atoms with Crippen molar-refractivity contribution in [2.75, 3.05) is 31.1 Å². The summed E-state index contributed by atoms with van der Waals surface area (Å²) in [6.07, 6.45) is 4.17. The third-order valence-corrected chi connectivity index (χ3v) is 9.53. The Hall–Kier alpha value is -2.13. The van der Waals surface area contributed by atoms with Crippen molar-refractivity contribution in [3.63, 3.8) is 0 Å². The maximum Gasteiger partial charge on any atom is 0.265 e. The Kier molecular flexibility index (Phi) is 7.24. The Morgan fingerprint density at radius 2 is 1.82 bits per heavy atom. The lowest BCUT2D eigenvalue weighted by atomic mass is 9.78. The molecule has 188 valence electrons. The van der Waals surface area contributed by atoms with Gasteiger partial charge in [0.15, 0.2) is 6.61 Å². The largest absolute Gasteiger partial charge is 0.482 e. The Morgan fingerprint density at radius 3 is 2.53 bits per heavy atom. The summed E-state index contributed by atoms with van der Waals surface area (Å²) in [4.78, 5) is 27.1. The number of anilines is 1. The van der Waals surface area contributed by atoms with Crippen molar-refractivity contribution in [2.24, 2.45) is 23.7 Å². The van der Waals surface area contributed by atoms with Gasteiger partial charge in [0.25, 0.3) is 5.91 Å². The van der Waals surface area contributed by atoms with Gasteiger partial charge in [-0.25, -0.2) is 8.42 Å². The number of nitrogens with zero attached hydrogens (tertiary/aromatic N) is 2. The fourth-order valence-corrected chi connectivity index (χ4v) is 7.35. The maximum absolute atomic E-state index is 13.4. The lowest BCUT2D eigenvalue weighted by molar-refractivity contribution is -0.126. The number of rotatable bonds is 5. The van der Waals surface area contributed by atoms with Gasteiger partial charge in [-0.15, -0.1) is 0 Å². The molecule has 9 heteroatoms. The molecule has 0 aromatic heterocycles. The standard InChI is InChI=1S/C25H37N3O5S/c1-16-10-17(2)13-27(12-16)34(31,32)20-8-9-23-22(11-20)28(25(30)15-33-23)14-24(29)26-21-7-5-6-18(3)19(21)4/h8-9,11,16-19,21H,5-7,10,12-15H2,1-4H3,(H,26,29)/t16-,17+,18-,19+,21+/m0/s1. The van der Waals surface area contributed by atoms with Crippen LogP contribution in [-0.2, 0) is 19.6 Å². The van der Waals surface area contributed by atoms with E-state index in [0.717, 1.165) is 25.7 Å². The highest BCUT2D eigenvalue weighted by Crippen LogP contribution is 2.36. The van der Waals surface area contributed by atoms with E-state index in [1.807, 2.05) is 0 Å². The molecular weight excluding hydrogens is 454 g/mol. The molecule has 0 radical (unpaired) electrons. The van der Waals surface area contributed by atoms with E-state index in [1.165, 1.54) is 21.3 Å². The molecule has 1 aromatic carbocycles. The van der Waals surface area contributed by atoms with Gasteiger partial charge in [0, 0.05) is 19.1 Å². The number of nitrogens with one attached hydrogen (secondary N) is 1. The molecule has 0 unspecified atom stereocenters. The number of ether oxygens (including phenoxy) is 1. The molecule has 2 fully saturated rings. The van der Waals surface area contributed by atoms with Crippen molar-refractivity contribution in [2.45, 2.75) is 64.3 Å². The number of carbonyl (C=O) groups is 2. The summed E-state index contributed by atoms with van der Waals surface area (Å²) in [5.74, 6) is 1.29. The average Bonchev–Trinajstić information content (AvgIpc) is 2.78. The zero-order chi connectivity index (χ0) is 24.6. The van der Waals surface area contributed by atoms with Crippen LogP contribution in [-0.4, -0.2) is 56.8 Å². The van der Waals surface area contributed by atoms with Gasteiger partial charge in [-0.1, -0.05) is 40.5 Å². The summed E-state index contributed by atoms with van der Waals surface area (Å²) in [5, 5.41) is 3.10. The van der Waals surface area contributed by atoms with Gasteiger partial charge in [-0.3, -0.25) is 14.5 Å². The minimum atomic E-state index is -3.73. The van der Waals surface area contributed by atoms with Gasteiger partial charge in [-0.05, 0) is 54.7 Å². The van der Waals surface area contributed by atoms with Crippen molar-refractivity contribution in [3.05, 3.63) is 18.2 Å². The summed E-state index contributed by atoms with van der Waals surface area (Å²) in [6, 6.07) is 4.67. The van der Waals surface area contributed by atoms with Crippen LogP contribution in [0.15, 0.2) is 23.1 Å². The van der Waals surface area contributed by atoms with Gasteiger partial charge >= 0.3 is 0 Å². The van der Waals surface area contributed by atoms with Crippen LogP contribution in [0.4, 0.5) is 5.69 Å². The van der Waals surface area contributed by atoms with Gasteiger partial charge in [-0.2, -0.15) is 4.31 Å². The summed E-state index contributed by atoms with van der Waals surface area (Å²) in [7, 11) is -3.73. The first-order valence-corrected chi connectivity index (χ1v) is 13.9. The molecule has 0 bridgehead atoms. The lowest BCUT2D eigenvalue weighted by Crippen LogP contribution is -2.50. The Balaban J connectivity index is 1.55. The fourth-order valence-electron chi connectivity index (χ4n) is 5.65. The van der Waals surface area contributed by atoms with Crippen LogP contribution in [0.2, 0.25) is 0 Å². The minimum Gasteiger partial charge on any atom is -0.482 e. The van der Waals surface area contributed by atoms with Crippen molar-refractivity contribution in [3.8, 4) is 5.75 Å². The van der Waals surface area contributed by atoms with Crippen LogP contribution >= 0.6 is 0 Å². The third kappa shape index (κ3) is 5.10. The number of carbonyl (C=O) groups excluding carboxylic acids is 2. The van der Waals surface area contributed by atoms with Gasteiger partial charge < -0.3 is 10.1 Å². The topological polar surface area (TPSA) is 96.0 Å². The Bertz CT molecular complexity index is 1030. The molecule has 1 saturated carbocycles. The number of hydrogen-bond acceptors (Lipinski definition) is 5. The summed E-state index contributed by atoms with van der Waals surface area (Å²) >= 11 is 0. The predicted molar refractivity (Wildman–Crippen MR) is 130 cm³/mol. The molecule has 5 atom stereocenters. The second-order valence-corrected chi connectivity index (χ2v) is 12.5. The van der Waals surface area contributed by atoms with Crippen LogP contribution in [0.25, 0.3) is 0 Å². The van der Waals surface area contributed by atoms with Crippen LogP contribution in [0.1, 0.15) is 53.4 Å². The van der Waals surface area contributed by atoms with Gasteiger partial charge in [0.2, 0.25) is 15.9 Å². The average molecular weight is 492 g/mol. The van der Waals surface area contributed by atoms with E-state index in [-0.39, 0.29) is 47.7 Å². The van der Waals surface area contributed by atoms with E-state index in [1.54, 1.807) is 6.07 Å². The van der Waals surface area contributed by atoms with Crippen LogP contribution in [0.3, 0.4) is 0 Å². The number of fused-ring (bicyclic) bond motifs is 1. The fraction of sp³-hybridized carbons (Fsp3) is 0.680. The molecule has 8 nitrogen and oxygen atoms in total. The molecule has 2 amide bonds. The van der Waals surface area contributed by atoms with Crippen LogP contribution in [0.5, 0.6) is 5.75 Å². The Morgan fingerprint density at radius 1 is 1.12 bits per heavy atom. The summed E-state index contributed by atoms with van der Waals surface area (Å²) in [5.41, 5.74) is 0.329. The molecule has 3 aliphatic rings. The first-order chi connectivity index (χ1) is 16.1. The van der Waals surface area contributed by atoms with Crippen LogP contribution in [0, 0.1) is 23.7 Å². The maximum atomic E-state index is 13.4. The van der Waals surface area contributed by atoms with E-state index < -0.39 is 10.0 Å². The molecule has 4 rings (SSSR count). The quantitative estimate of drug-likeness (QED) is 0.683. The van der Waals surface area contributed by atoms with Crippen molar-refractivity contribution >= 4 is 27.5 Å². The number of amides is 2. The second-order valence-electron chi connectivity index (χ2n) is 10.6. The highest BCUT2D eigenvalue weighted by Gasteiger charge is 2.35. The zero-order valence-electron chi connectivity index (χ0n) is 20.6. The second kappa shape index (κ2) is 9.85. The zero-order valence-corrected chi connectivity index (χ0v) is 21.4. The molecule has 34 heavy (non-hydrogen) atoms. The summed E-state index contributed by atoms with van der Waals surface area (Å²) < 4.78 is 33.9. The van der Waals surface area contributed by atoms with Crippen molar-refractivity contribution < 1.29 is 22.7 Å².